The van der Waals surface area contributed by atoms with Gasteiger partial charge < -0.3 is 14.6 Å². The van der Waals surface area contributed by atoms with Crippen molar-refractivity contribution in [2.75, 3.05) is 14.2 Å². The number of halogens is 1. The number of Topliss-reactive ketones (excluding diaryl/α,β-unsaturated/α-hetero) is 1. The Hall–Kier alpha value is -1.85. The van der Waals surface area contributed by atoms with E-state index in [0.29, 0.717) is 27.1 Å². The number of ketones is 1. The van der Waals surface area contributed by atoms with Crippen LogP contribution in [-0.2, 0) is 0 Å². The summed E-state index contributed by atoms with van der Waals surface area (Å²) in [5, 5.41) is 10.2. The lowest BCUT2D eigenvalue weighted by atomic mass is 9.99. The second-order valence-corrected chi connectivity index (χ2v) is 5.13. The van der Waals surface area contributed by atoms with Crippen molar-refractivity contribution in [1.29, 1.82) is 0 Å². The number of methoxy groups -OCH3 is 2. The molecule has 0 bridgehead atoms. The molecule has 0 saturated carbocycles. The molecule has 0 aliphatic rings. The van der Waals surface area contributed by atoms with Gasteiger partial charge in [0.05, 0.1) is 19.8 Å². The van der Waals surface area contributed by atoms with Crippen molar-refractivity contribution in [3.05, 3.63) is 58.1 Å². The zero-order chi connectivity index (χ0) is 15.4. The van der Waals surface area contributed by atoms with Crippen LogP contribution < -0.4 is 9.47 Å². The quantitative estimate of drug-likeness (QED) is 0.839. The Morgan fingerprint density at radius 3 is 2.33 bits per heavy atom. The number of aliphatic hydroxyl groups is 1. The van der Waals surface area contributed by atoms with Gasteiger partial charge in [0.1, 0.15) is 22.1 Å². The SMILES string of the molecule is COc1ccc(C(=O)C(O)c2ccccc2)c(OC)c1Br. The molecule has 1 atom stereocenters. The van der Waals surface area contributed by atoms with E-state index in [2.05, 4.69) is 15.9 Å². The van der Waals surface area contributed by atoms with Crippen molar-refractivity contribution in [2.24, 2.45) is 0 Å². The highest BCUT2D eigenvalue weighted by atomic mass is 79.9. The number of hydrogen-bond donors (Lipinski definition) is 1. The van der Waals surface area contributed by atoms with Crippen molar-refractivity contribution in [2.45, 2.75) is 6.10 Å². The van der Waals surface area contributed by atoms with E-state index in [0.717, 1.165) is 0 Å². The lowest BCUT2D eigenvalue weighted by Gasteiger charge is -2.15. The van der Waals surface area contributed by atoms with Gasteiger partial charge in [0.2, 0.25) is 0 Å². The van der Waals surface area contributed by atoms with E-state index < -0.39 is 11.9 Å². The first-order valence-electron chi connectivity index (χ1n) is 6.27. The summed E-state index contributed by atoms with van der Waals surface area (Å²) >= 11 is 3.34. The number of hydrogen-bond acceptors (Lipinski definition) is 4. The fourth-order valence-electron chi connectivity index (χ4n) is 2.02. The van der Waals surface area contributed by atoms with Gasteiger partial charge in [0.15, 0.2) is 5.78 Å². The first-order valence-corrected chi connectivity index (χ1v) is 7.07. The second kappa shape index (κ2) is 6.74. The lowest BCUT2D eigenvalue weighted by Crippen LogP contribution is -2.13. The van der Waals surface area contributed by atoms with E-state index >= 15 is 0 Å². The Morgan fingerprint density at radius 2 is 1.76 bits per heavy atom. The summed E-state index contributed by atoms with van der Waals surface area (Å²) in [5.41, 5.74) is 0.832. The van der Waals surface area contributed by atoms with Crippen molar-refractivity contribution >= 4 is 21.7 Å². The molecule has 0 radical (unpaired) electrons. The highest BCUT2D eigenvalue weighted by molar-refractivity contribution is 9.10. The van der Waals surface area contributed by atoms with Crippen LogP contribution in [0.3, 0.4) is 0 Å². The Bertz CT molecular complexity index is 640. The molecule has 110 valence electrons. The summed E-state index contributed by atoms with van der Waals surface area (Å²) in [7, 11) is 2.99. The predicted octanol–water partition coefficient (Wildman–Crippen LogP) is 3.38. The number of carbonyl (C=O) groups is 1. The van der Waals surface area contributed by atoms with E-state index in [1.807, 2.05) is 6.07 Å². The average molecular weight is 351 g/mol. The molecule has 2 aromatic carbocycles. The number of aliphatic hydroxyl groups excluding tert-OH is 1. The van der Waals surface area contributed by atoms with Crippen LogP contribution in [0, 0.1) is 0 Å². The third-order valence-electron chi connectivity index (χ3n) is 3.11. The normalized spacial score (nSPS) is 11.8. The summed E-state index contributed by atoms with van der Waals surface area (Å²) in [6.45, 7) is 0. The van der Waals surface area contributed by atoms with Gasteiger partial charge in [0.25, 0.3) is 0 Å². The minimum Gasteiger partial charge on any atom is -0.495 e. The largest absolute Gasteiger partial charge is 0.495 e. The van der Waals surface area contributed by atoms with E-state index in [4.69, 9.17) is 9.47 Å². The molecular weight excluding hydrogens is 336 g/mol. The van der Waals surface area contributed by atoms with Crippen LogP contribution in [0.2, 0.25) is 0 Å². The maximum atomic E-state index is 12.5. The van der Waals surface area contributed by atoms with Gasteiger partial charge >= 0.3 is 0 Å². The van der Waals surface area contributed by atoms with Gasteiger partial charge in [-0.25, -0.2) is 0 Å². The van der Waals surface area contributed by atoms with Crippen LogP contribution in [0.15, 0.2) is 46.9 Å². The Kier molecular flexibility index (Phi) is 4.98. The van der Waals surface area contributed by atoms with Crippen molar-refractivity contribution < 1.29 is 19.4 Å². The van der Waals surface area contributed by atoms with Crippen LogP contribution in [-0.4, -0.2) is 25.1 Å². The molecule has 0 aliphatic heterocycles. The van der Waals surface area contributed by atoms with Crippen LogP contribution in [0.4, 0.5) is 0 Å². The molecule has 2 rings (SSSR count). The summed E-state index contributed by atoms with van der Waals surface area (Å²) in [6.07, 6.45) is -1.24. The summed E-state index contributed by atoms with van der Waals surface area (Å²) in [4.78, 5) is 12.5. The van der Waals surface area contributed by atoms with Crippen LogP contribution in [0.25, 0.3) is 0 Å². The molecule has 0 heterocycles. The number of rotatable bonds is 5. The molecule has 0 saturated heterocycles. The molecule has 1 unspecified atom stereocenters. The van der Waals surface area contributed by atoms with Gasteiger partial charge in [-0.3, -0.25) is 4.79 Å². The van der Waals surface area contributed by atoms with E-state index in [-0.39, 0.29) is 0 Å². The molecule has 2 aromatic rings. The molecule has 0 aromatic heterocycles. The van der Waals surface area contributed by atoms with E-state index in [9.17, 15) is 9.90 Å². The predicted molar refractivity (Wildman–Crippen MR) is 83.0 cm³/mol. The number of benzene rings is 2. The Morgan fingerprint density at radius 1 is 1.10 bits per heavy atom. The Labute approximate surface area is 131 Å². The first-order chi connectivity index (χ1) is 10.1. The number of carbonyl (C=O) groups excluding carboxylic acids is 1. The average Bonchev–Trinajstić information content (AvgIpc) is 2.54. The number of ether oxygens (including phenoxy) is 2. The lowest BCUT2D eigenvalue weighted by molar-refractivity contribution is 0.0744. The molecule has 0 aliphatic carbocycles. The zero-order valence-corrected chi connectivity index (χ0v) is 13.3. The molecule has 0 spiro atoms. The fourth-order valence-corrected chi connectivity index (χ4v) is 2.69. The van der Waals surface area contributed by atoms with Gasteiger partial charge in [-0.1, -0.05) is 30.3 Å². The molecule has 0 fully saturated rings. The molecular formula is C16H15BrO4. The molecule has 5 heteroatoms. The third kappa shape index (κ3) is 3.09. The van der Waals surface area contributed by atoms with Crippen LogP contribution in [0.1, 0.15) is 22.0 Å². The van der Waals surface area contributed by atoms with Gasteiger partial charge in [-0.15, -0.1) is 0 Å². The highest BCUT2D eigenvalue weighted by Crippen LogP contribution is 2.38. The molecule has 0 amide bonds. The Balaban J connectivity index is 2.42. The standard InChI is InChI=1S/C16H15BrO4/c1-20-12-9-8-11(16(21-2)13(12)17)15(19)14(18)10-6-4-3-5-7-10/h3-9,14,18H,1-2H3. The third-order valence-corrected chi connectivity index (χ3v) is 3.87. The summed E-state index contributed by atoms with van der Waals surface area (Å²) in [6, 6.07) is 12.0. The first kappa shape index (κ1) is 15.5. The minimum atomic E-state index is -1.24. The highest BCUT2D eigenvalue weighted by Gasteiger charge is 2.24. The van der Waals surface area contributed by atoms with Crippen molar-refractivity contribution in [1.82, 2.24) is 0 Å². The molecule has 4 nitrogen and oxygen atoms in total. The van der Waals surface area contributed by atoms with Gasteiger partial charge in [0, 0.05) is 0 Å². The molecule has 1 N–H and O–H groups in total. The monoisotopic (exact) mass is 350 g/mol. The maximum Gasteiger partial charge on any atom is 0.199 e. The van der Waals surface area contributed by atoms with E-state index in [1.165, 1.54) is 14.2 Å². The fraction of sp³-hybridized carbons (Fsp3) is 0.188. The van der Waals surface area contributed by atoms with E-state index in [1.54, 1.807) is 36.4 Å². The minimum absolute atomic E-state index is 0.293. The van der Waals surface area contributed by atoms with Crippen molar-refractivity contribution in [3.8, 4) is 11.5 Å². The second-order valence-electron chi connectivity index (χ2n) is 4.34. The van der Waals surface area contributed by atoms with Crippen molar-refractivity contribution in [3.63, 3.8) is 0 Å². The van der Waals surface area contributed by atoms with Gasteiger partial charge in [-0.05, 0) is 33.6 Å². The smallest absolute Gasteiger partial charge is 0.199 e. The summed E-state index contributed by atoms with van der Waals surface area (Å²) in [5.74, 6) is 0.466. The zero-order valence-electron chi connectivity index (χ0n) is 11.7. The molecule has 21 heavy (non-hydrogen) atoms. The van der Waals surface area contributed by atoms with Crippen LogP contribution >= 0.6 is 15.9 Å². The summed E-state index contributed by atoms with van der Waals surface area (Å²) < 4.78 is 11.0. The maximum absolute atomic E-state index is 12.5. The topological polar surface area (TPSA) is 55.8 Å². The van der Waals surface area contributed by atoms with Gasteiger partial charge in [-0.2, -0.15) is 0 Å². The van der Waals surface area contributed by atoms with Crippen LogP contribution in [0.5, 0.6) is 11.5 Å².